The molecule has 5 nitrogen and oxygen atoms in total. The van der Waals surface area contributed by atoms with E-state index >= 15 is 0 Å². The van der Waals surface area contributed by atoms with Crippen molar-refractivity contribution >= 4 is 23.4 Å². The molecule has 0 amide bonds. The maximum absolute atomic E-state index is 11.2. The van der Waals surface area contributed by atoms with E-state index in [1.54, 1.807) is 24.3 Å². The Kier molecular flexibility index (Phi) is 2.93. The van der Waals surface area contributed by atoms with Crippen LogP contribution >= 0.6 is 11.6 Å². The molecule has 1 aromatic heterocycles. The minimum atomic E-state index is -1.52. The number of hydrogen-bond donors (Lipinski definition) is 2. The smallest absolute Gasteiger partial charge is 0.378 e. The standard InChI is InChI=1S/C11H7ClN2O3/c12-7-3-1-6(2-4-7)10-13-5-8(14-10)9(15)11(16)17/h1-5H,(H,13,14)(H,16,17). The fourth-order valence-electron chi connectivity index (χ4n) is 1.31. The number of aromatic amines is 1. The fraction of sp³-hybridized carbons (Fsp3) is 0. The normalized spacial score (nSPS) is 10.2. The highest BCUT2D eigenvalue weighted by atomic mass is 35.5. The minimum absolute atomic E-state index is 0.0533. The number of aliphatic carboxylic acids is 1. The number of nitrogens with one attached hydrogen (secondary N) is 1. The van der Waals surface area contributed by atoms with E-state index in [0.29, 0.717) is 10.8 Å². The van der Waals surface area contributed by atoms with Crippen LogP contribution < -0.4 is 0 Å². The minimum Gasteiger partial charge on any atom is -0.475 e. The first kappa shape index (κ1) is 11.3. The molecule has 2 rings (SSSR count). The monoisotopic (exact) mass is 250 g/mol. The fourth-order valence-corrected chi connectivity index (χ4v) is 1.43. The average Bonchev–Trinajstić information content (AvgIpc) is 2.78. The molecule has 1 heterocycles. The number of imidazole rings is 1. The maximum Gasteiger partial charge on any atom is 0.378 e. The molecule has 0 unspecified atom stereocenters. The highest BCUT2D eigenvalue weighted by molar-refractivity contribution is 6.39. The molecule has 0 atom stereocenters. The van der Waals surface area contributed by atoms with Gasteiger partial charge in [-0.05, 0) is 24.3 Å². The summed E-state index contributed by atoms with van der Waals surface area (Å²) in [5.74, 6) is -2.11. The molecule has 6 heteroatoms. The third-order valence-corrected chi connectivity index (χ3v) is 2.38. The van der Waals surface area contributed by atoms with E-state index < -0.39 is 11.8 Å². The molecule has 0 bridgehead atoms. The zero-order valence-electron chi connectivity index (χ0n) is 8.48. The number of benzene rings is 1. The molecule has 0 saturated heterocycles. The number of hydrogen-bond acceptors (Lipinski definition) is 3. The number of Topliss-reactive ketones (excluding diaryl/α,β-unsaturated/α-hetero) is 1. The van der Waals surface area contributed by atoms with Crippen molar-refractivity contribution in [3.05, 3.63) is 41.2 Å². The first-order valence-electron chi connectivity index (χ1n) is 4.66. The van der Waals surface area contributed by atoms with Gasteiger partial charge in [0.05, 0.1) is 6.20 Å². The van der Waals surface area contributed by atoms with Crippen LogP contribution in [0.2, 0.25) is 5.02 Å². The van der Waals surface area contributed by atoms with E-state index in [0.717, 1.165) is 5.56 Å². The summed E-state index contributed by atoms with van der Waals surface area (Å²) in [5, 5.41) is 9.12. The van der Waals surface area contributed by atoms with Gasteiger partial charge in [0, 0.05) is 10.6 Å². The first-order valence-corrected chi connectivity index (χ1v) is 5.04. The van der Waals surface area contributed by atoms with Crippen LogP contribution in [-0.2, 0) is 4.79 Å². The van der Waals surface area contributed by atoms with Gasteiger partial charge in [-0.2, -0.15) is 0 Å². The zero-order chi connectivity index (χ0) is 12.4. The maximum atomic E-state index is 11.2. The molecule has 86 valence electrons. The number of halogens is 1. The van der Waals surface area contributed by atoms with Crippen molar-refractivity contribution in [3.8, 4) is 11.4 Å². The van der Waals surface area contributed by atoms with Gasteiger partial charge in [0.1, 0.15) is 11.5 Å². The van der Waals surface area contributed by atoms with Crippen molar-refractivity contribution in [1.29, 1.82) is 0 Å². The molecule has 1 aromatic carbocycles. The predicted octanol–water partition coefficient (Wildman–Crippen LogP) is 2.00. The number of rotatable bonds is 3. The lowest BCUT2D eigenvalue weighted by Gasteiger charge is -1.96. The number of carboxylic acids is 1. The second-order valence-corrected chi connectivity index (χ2v) is 3.72. The van der Waals surface area contributed by atoms with Gasteiger partial charge in [-0.15, -0.1) is 0 Å². The van der Waals surface area contributed by atoms with Crippen LogP contribution in [0.1, 0.15) is 10.5 Å². The number of H-pyrrole nitrogens is 1. The van der Waals surface area contributed by atoms with Crippen LogP contribution in [0.3, 0.4) is 0 Å². The zero-order valence-corrected chi connectivity index (χ0v) is 9.23. The Morgan fingerprint density at radius 1 is 1.24 bits per heavy atom. The molecule has 0 fully saturated rings. The molecule has 0 aliphatic heterocycles. The summed E-state index contributed by atoms with van der Waals surface area (Å²) in [5.41, 5.74) is 0.668. The Balaban J connectivity index is 2.33. The lowest BCUT2D eigenvalue weighted by molar-refractivity contribution is -0.131. The molecule has 2 N–H and O–H groups in total. The van der Waals surface area contributed by atoms with Gasteiger partial charge in [0.15, 0.2) is 0 Å². The highest BCUT2D eigenvalue weighted by Gasteiger charge is 2.17. The van der Waals surface area contributed by atoms with Crippen molar-refractivity contribution in [1.82, 2.24) is 9.97 Å². The number of carboxylic acid groups (broad SMARTS) is 1. The third-order valence-electron chi connectivity index (χ3n) is 2.13. The average molecular weight is 251 g/mol. The third kappa shape index (κ3) is 2.34. The van der Waals surface area contributed by atoms with Crippen molar-refractivity contribution in [2.45, 2.75) is 0 Å². The summed E-state index contributed by atoms with van der Waals surface area (Å²) < 4.78 is 0. The lowest BCUT2D eigenvalue weighted by atomic mass is 10.2. The van der Waals surface area contributed by atoms with Crippen molar-refractivity contribution in [2.24, 2.45) is 0 Å². The summed E-state index contributed by atoms with van der Waals surface area (Å²) in [4.78, 5) is 28.2. The van der Waals surface area contributed by atoms with Gasteiger partial charge in [-0.3, -0.25) is 4.79 Å². The van der Waals surface area contributed by atoms with E-state index in [2.05, 4.69) is 9.97 Å². The van der Waals surface area contributed by atoms with Crippen LogP contribution in [0, 0.1) is 0 Å². The molecule has 0 aliphatic carbocycles. The lowest BCUT2D eigenvalue weighted by Crippen LogP contribution is -2.12. The van der Waals surface area contributed by atoms with Crippen molar-refractivity contribution < 1.29 is 14.7 Å². The summed E-state index contributed by atoms with van der Waals surface area (Å²) >= 11 is 5.73. The predicted molar refractivity (Wildman–Crippen MR) is 61.0 cm³/mol. The number of ketones is 1. The highest BCUT2D eigenvalue weighted by Crippen LogP contribution is 2.18. The quantitative estimate of drug-likeness (QED) is 0.645. The Labute approximate surface area is 101 Å². The van der Waals surface area contributed by atoms with Gasteiger partial charge in [0.2, 0.25) is 0 Å². The van der Waals surface area contributed by atoms with E-state index in [1.165, 1.54) is 6.20 Å². The molecule has 0 radical (unpaired) electrons. The number of carbonyl (C=O) groups excluding carboxylic acids is 1. The summed E-state index contributed by atoms with van der Waals surface area (Å²) in [6.45, 7) is 0. The molecular weight excluding hydrogens is 244 g/mol. The van der Waals surface area contributed by atoms with Crippen molar-refractivity contribution in [2.75, 3.05) is 0 Å². The van der Waals surface area contributed by atoms with E-state index in [9.17, 15) is 9.59 Å². The van der Waals surface area contributed by atoms with Gasteiger partial charge in [-0.1, -0.05) is 11.6 Å². The Bertz CT molecular complexity index is 575. The van der Waals surface area contributed by atoms with E-state index in [4.69, 9.17) is 16.7 Å². The van der Waals surface area contributed by atoms with Gasteiger partial charge in [-0.25, -0.2) is 9.78 Å². The first-order chi connectivity index (χ1) is 8.08. The van der Waals surface area contributed by atoms with E-state index in [1.807, 2.05) is 0 Å². The van der Waals surface area contributed by atoms with Crippen LogP contribution in [0.5, 0.6) is 0 Å². The number of aromatic nitrogens is 2. The number of nitrogens with zero attached hydrogens (tertiary/aromatic N) is 1. The molecule has 0 aliphatic rings. The Morgan fingerprint density at radius 2 is 1.88 bits per heavy atom. The van der Waals surface area contributed by atoms with Crippen LogP contribution in [0.25, 0.3) is 11.4 Å². The summed E-state index contributed by atoms with van der Waals surface area (Å²) in [6, 6.07) is 6.79. The molecule has 0 saturated carbocycles. The number of carbonyl (C=O) groups is 2. The molecular formula is C11H7ClN2O3. The largest absolute Gasteiger partial charge is 0.475 e. The van der Waals surface area contributed by atoms with Gasteiger partial charge < -0.3 is 10.1 Å². The van der Waals surface area contributed by atoms with Gasteiger partial charge >= 0.3 is 5.97 Å². The van der Waals surface area contributed by atoms with E-state index in [-0.39, 0.29) is 5.69 Å². The molecule has 17 heavy (non-hydrogen) atoms. The second-order valence-electron chi connectivity index (χ2n) is 3.29. The van der Waals surface area contributed by atoms with Gasteiger partial charge in [0.25, 0.3) is 5.78 Å². The Hall–Kier alpha value is -2.14. The SMILES string of the molecule is O=C(O)C(=O)c1cnc(-c2ccc(Cl)cc2)[nH]1. The Morgan fingerprint density at radius 3 is 2.47 bits per heavy atom. The second kappa shape index (κ2) is 4.39. The van der Waals surface area contributed by atoms with Crippen LogP contribution in [0.4, 0.5) is 0 Å². The summed E-state index contributed by atoms with van der Waals surface area (Å²) in [6.07, 6.45) is 1.19. The van der Waals surface area contributed by atoms with Crippen LogP contribution in [0.15, 0.2) is 30.5 Å². The molecule has 2 aromatic rings. The van der Waals surface area contributed by atoms with Crippen LogP contribution in [-0.4, -0.2) is 26.8 Å². The summed E-state index contributed by atoms with van der Waals surface area (Å²) in [7, 11) is 0. The molecule has 0 spiro atoms. The van der Waals surface area contributed by atoms with Crippen molar-refractivity contribution in [3.63, 3.8) is 0 Å². The topological polar surface area (TPSA) is 83.0 Å².